The average molecular weight is 195 g/mol. The van der Waals surface area contributed by atoms with E-state index in [1.807, 2.05) is 6.07 Å². The van der Waals surface area contributed by atoms with Crippen LogP contribution in [-0.4, -0.2) is 11.6 Å². The van der Waals surface area contributed by atoms with Crippen LogP contribution in [0.3, 0.4) is 0 Å². The highest BCUT2D eigenvalue weighted by atomic mass is 19.3. The zero-order valence-corrected chi connectivity index (χ0v) is 7.15. The van der Waals surface area contributed by atoms with Crippen LogP contribution in [0.15, 0.2) is 36.7 Å². The summed E-state index contributed by atoms with van der Waals surface area (Å²) in [6.45, 7) is -2.79. The Morgan fingerprint density at radius 3 is 2.79 bits per heavy atom. The topological polar surface area (TPSA) is 22.1 Å². The lowest BCUT2D eigenvalue weighted by atomic mass is 10.2. The normalized spacial score (nSPS) is 10.8. The van der Waals surface area contributed by atoms with Crippen LogP contribution in [0, 0.1) is 0 Å². The summed E-state index contributed by atoms with van der Waals surface area (Å²) < 4.78 is 28.0. The van der Waals surface area contributed by atoms with Gasteiger partial charge in [0.25, 0.3) is 0 Å². The number of pyridine rings is 1. The predicted molar refractivity (Wildman–Crippen MR) is 48.4 cm³/mol. The molecule has 72 valence electrons. The van der Waals surface area contributed by atoms with E-state index in [0.29, 0.717) is 0 Å². The molecule has 0 atom stereocenters. The monoisotopic (exact) mass is 195 g/mol. The van der Waals surface area contributed by atoms with Gasteiger partial charge in [0.1, 0.15) is 5.75 Å². The Hall–Kier alpha value is -1.71. The van der Waals surface area contributed by atoms with Crippen molar-refractivity contribution in [3.63, 3.8) is 0 Å². The smallest absolute Gasteiger partial charge is 0.387 e. The van der Waals surface area contributed by atoms with Gasteiger partial charge in [0.15, 0.2) is 0 Å². The summed E-state index contributed by atoms with van der Waals surface area (Å²) in [5, 5.41) is 1.73. The number of halogens is 2. The Morgan fingerprint density at radius 1 is 1.14 bits per heavy atom. The third-order valence-electron chi connectivity index (χ3n) is 1.84. The van der Waals surface area contributed by atoms with Gasteiger partial charge < -0.3 is 4.74 Å². The summed E-state index contributed by atoms with van der Waals surface area (Å²) in [5.74, 6) is 0.153. The molecule has 0 aliphatic carbocycles. The minimum absolute atomic E-state index is 0.153. The lowest BCUT2D eigenvalue weighted by molar-refractivity contribution is -0.0497. The third kappa shape index (κ3) is 1.79. The summed E-state index contributed by atoms with van der Waals surface area (Å²) >= 11 is 0. The summed E-state index contributed by atoms with van der Waals surface area (Å²) in [7, 11) is 0. The van der Waals surface area contributed by atoms with Gasteiger partial charge in [0.2, 0.25) is 0 Å². The number of hydrogen-bond acceptors (Lipinski definition) is 2. The van der Waals surface area contributed by atoms with E-state index in [0.717, 1.165) is 10.8 Å². The van der Waals surface area contributed by atoms with Crippen LogP contribution in [0.5, 0.6) is 5.75 Å². The number of hydrogen-bond donors (Lipinski definition) is 0. The molecule has 0 bridgehead atoms. The number of benzene rings is 1. The zero-order chi connectivity index (χ0) is 9.97. The molecule has 1 aromatic carbocycles. The van der Waals surface area contributed by atoms with Gasteiger partial charge in [0.05, 0.1) is 0 Å². The number of aromatic nitrogens is 1. The number of ether oxygens (including phenoxy) is 1. The molecule has 14 heavy (non-hydrogen) atoms. The fourth-order valence-corrected chi connectivity index (χ4v) is 1.24. The van der Waals surface area contributed by atoms with Crippen molar-refractivity contribution in [1.82, 2.24) is 4.98 Å². The van der Waals surface area contributed by atoms with E-state index in [9.17, 15) is 8.78 Å². The van der Waals surface area contributed by atoms with Crippen molar-refractivity contribution in [1.29, 1.82) is 0 Å². The molecule has 0 fully saturated rings. The molecule has 2 rings (SSSR count). The highest BCUT2D eigenvalue weighted by Gasteiger charge is 2.04. The van der Waals surface area contributed by atoms with E-state index < -0.39 is 6.61 Å². The molecular formula is C10H7F2NO. The highest BCUT2D eigenvalue weighted by molar-refractivity contribution is 5.82. The first-order valence-corrected chi connectivity index (χ1v) is 4.04. The Kier molecular flexibility index (Phi) is 2.26. The molecule has 0 spiro atoms. The second kappa shape index (κ2) is 3.57. The molecule has 2 nitrogen and oxygen atoms in total. The number of fused-ring (bicyclic) bond motifs is 1. The molecule has 0 amide bonds. The Labute approximate surface area is 79.1 Å². The van der Waals surface area contributed by atoms with Gasteiger partial charge >= 0.3 is 6.61 Å². The van der Waals surface area contributed by atoms with Crippen molar-refractivity contribution in [2.45, 2.75) is 6.61 Å². The molecule has 0 aliphatic rings. The van der Waals surface area contributed by atoms with Crippen molar-refractivity contribution in [2.24, 2.45) is 0 Å². The van der Waals surface area contributed by atoms with Crippen LogP contribution in [0.1, 0.15) is 0 Å². The maximum atomic E-state index is 11.9. The van der Waals surface area contributed by atoms with Gasteiger partial charge in [-0.25, -0.2) is 0 Å². The van der Waals surface area contributed by atoms with Crippen LogP contribution in [0.25, 0.3) is 10.8 Å². The SMILES string of the molecule is FC(F)Oc1ccc2ccncc2c1. The highest BCUT2D eigenvalue weighted by Crippen LogP contribution is 2.20. The van der Waals surface area contributed by atoms with Crippen molar-refractivity contribution < 1.29 is 13.5 Å². The van der Waals surface area contributed by atoms with Crippen LogP contribution in [0.4, 0.5) is 8.78 Å². The van der Waals surface area contributed by atoms with Crippen molar-refractivity contribution >= 4 is 10.8 Å². The first-order valence-electron chi connectivity index (χ1n) is 4.04. The lowest BCUT2D eigenvalue weighted by Crippen LogP contribution is -2.01. The molecule has 4 heteroatoms. The van der Waals surface area contributed by atoms with Gasteiger partial charge in [-0.3, -0.25) is 4.98 Å². The van der Waals surface area contributed by atoms with E-state index in [2.05, 4.69) is 9.72 Å². The van der Waals surface area contributed by atoms with E-state index in [1.54, 1.807) is 18.5 Å². The van der Waals surface area contributed by atoms with Crippen molar-refractivity contribution in [3.05, 3.63) is 36.7 Å². The maximum Gasteiger partial charge on any atom is 0.387 e. The number of nitrogens with zero attached hydrogens (tertiary/aromatic N) is 1. The molecule has 0 N–H and O–H groups in total. The minimum Gasteiger partial charge on any atom is -0.435 e. The van der Waals surface area contributed by atoms with Gasteiger partial charge in [-0.15, -0.1) is 0 Å². The largest absolute Gasteiger partial charge is 0.435 e. The molecule has 1 aromatic heterocycles. The van der Waals surface area contributed by atoms with Gasteiger partial charge in [0, 0.05) is 17.8 Å². The molecule has 0 saturated heterocycles. The van der Waals surface area contributed by atoms with E-state index in [1.165, 1.54) is 12.1 Å². The molecule has 0 unspecified atom stereocenters. The summed E-state index contributed by atoms with van der Waals surface area (Å²) in [4.78, 5) is 3.89. The van der Waals surface area contributed by atoms with Crippen LogP contribution in [0.2, 0.25) is 0 Å². The molecule has 0 aliphatic heterocycles. The number of rotatable bonds is 2. The molecule has 0 saturated carbocycles. The maximum absolute atomic E-state index is 11.9. The quantitative estimate of drug-likeness (QED) is 0.735. The van der Waals surface area contributed by atoms with Crippen LogP contribution in [-0.2, 0) is 0 Å². The zero-order valence-electron chi connectivity index (χ0n) is 7.15. The van der Waals surface area contributed by atoms with Gasteiger partial charge in [-0.2, -0.15) is 8.78 Å². The fourth-order valence-electron chi connectivity index (χ4n) is 1.24. The lowest BCUT2D eigenvalue weighted by Gasteiger charge is -2.04. The second-order valence-electron chi connectivity index (χ2n) is 2.76. The van der Waals surface area contributed by atoms with E-state index >= 15 is 0 Å². The van der Waals surface area contributed by atoms with Gasteiger partial charge in [-0.1, -0.05) is 6.07 Å². The van der Waals surface area contributed by atoms with Gasteiger partial charge in [-0.05, 0) is 23.6 Å². The Morgan fingerprint density at radius 2 is 2.00 bits per heavy atom. The Balaban J connectivity index is 2.41. The van der Waals surface area contributed by atoms with Crippen LogP contribution < -0.4 is 4.74 Å². The van der Waals surface area contributed by atoms with Crippen molar-refractivity contribution in [2.75, 3.05) is 0 Å². The van der Waals surface area contributed by atoms with Crippen LogP contribution >= 0.6 is 0 Å². The van der Waals surface area contributed by atoms with E-state index in [-0.39, 0.29) is 5.75 Å². The Bertz CT molecular complexity index is 445. The molecular weight excluding hydrogens is 188 g/mol. The predicted octanol–water partition coefficient (Wildman–Crippen LogP) is 2.84. The molecule has 2 aromatic rings. The summed E-state index contributed by atoms with van der Waals surface area (Å²) in [6.07, 6.45) is 3.25. The first kappa shape index (κ1) is 8.87. The minimum atomic E-state index is -2.79. The van der Waals surface area contributed by atoms with Crippen molar-refractivity contribution in [3.8, 4) is 5.75 Å². The standard InChI is InChI=1S/C10H7F2NO/c11-10(12)14-9-2-1-7-3-4-13-6-8(7)5-9/h1-6,10H. The fraction of sp³-hybridized carbons (Fsp3) is 0.100. The second-order valence-corrected chi connectivity index (χ2v) is 2.76. The van der Waals surface area contributed by atoms with E-state index in [4.69, 9.17) is 0 Å². The molecule has 1 heterocycles. The summed E-state index contributed by atoms with van der Waals surface area (Å²) in [6, 6.07) is 6.57. The summed E-state index contributed by atoms with van der Waals surface area (Å²) in [5.41, 5.74) is 0. The third-order valence-corrected chi connectivity index (χ3v) is 1.84. The number of alkyl halides is 2. The molecule has 0 radical (unpaired) electrons. The first-order chi connectivity index (χ1) is 6.75. The average Bonchev–Trinajstić information content (AvgIpc) is 2.17.